The minimum Gasteiger partial charge on any atom is -0.481 e. The van der Waals surface area contributed by atoms with Crippen LogP contribution >= 0.6 is 23.8 Å². The maximum Gasteiger partial charge on any atom is 0.307 e. The smallest absolute Gasteiger partial charge is 0.307 e. The molecule has 0 bridgehead atoms. The Hall–Kier alpha value is -2.11. The number of carboxylic acids is 1. The van der Waals surface area contributed by atoms with Crippen molar-refractivity contribution in [2.24, 2.45) is 0 Å². The summed E-state index contributed by atoms with van der Waals surface area (Å²) < 4.78 is 0. The normalized spacial score (nSPS) is 9.95. The van der Waals surface area contributed by atoms with E-state index in [2.05, 4.69) is 10.6 Å². The lowest BCUT2D eigenvalue weighted by Gasteiger charge is -2.11. The molecule has 0 amide bonds. The van der Waals surface area contributed by atoms with Gasteiger partial charge in [0.1, 0.15) is 0 Å². The number of benzene rings is 2. The van der Waals surface area contributed by atoms with Crippen LogP contribution in [0.25, 0.3) is 0 Å². The van der Waals surface area contributed by atoms with Gasteiger partial charge in [0, 0.05) is 16.4 Å². The van der Waals surface area contributed by atoms with Gasteiger partial charge in [-0.25, -0.2) is 0 Å². The standard InChI is InChI=1S/C15H13ClN2O2S/c16-11-2-1-3-13(9-11)18-15(21)17-12-6-4-10(5-7-12)8-14(19)20/h1-7,9H,8H2,(H,19,20)(H2,17,18,21). The number of hydrogen-bond acceptors (Lipinski definition) is 2. The highest BCUT2D eigenvalue weighted by molar-refractivity contribution is 7.80. The highest BCUT2D eigenvalue weighted by Crippen LogP contribution is 2.16. The van der Waals surface area contributed by atoms with Gasteiger partial charge in [-0.05, 0) is 48.1 Å². The zero-order chi connectivity index (χ0) is 15.2. The number of rotatable bonds is 4. The summed E-state index contributed by atoms with van der Waals surface area (Å²) in [5.74, 6) is -0.853. The minimum absolute atomic E-state index is 0.00545. The summed E-state index contributed by atoms with van der Waals surface area (Å²) in [5, 5.41) is 15.8. The van der Waals surface area contributed by atoms with E-state index < -0.39 is 5.97 Å². The van der Waals surface area contributed by atoms with Crippen molar-refractivity contribution in [1.29, 1.82) is 0 Å². The van der Waals surface area contributed by atoms with Crippen molar-refractivity contribution in [3.8, 4) is 0 Å². The van der Waals surface area contributed by atoms with Crippen molar-refractivity contribution in [1.82, 2.24) is 0 Å². The quantitative estimate of drug-likeness (QED) is 0.748. The molecule has 0 radical (unpaired) electrons. The lowest BCUT2D eigenvalue weighted by molar-refractivity contribution is -0.136. The molecule has 0 unspecified atom stereocenters. The molecule has 0 aliphatic rings. The van der Waals surface area contributed by atoms with Crippen LogP contribution in [0.3, 0.4) is 0 Å². The topological polar surface area (TPSA) is 61.4 Å². The average molecular weight is 321 g/mol. The monoisotopic (exact) mass is 320 g/mol. The molecule has 2 aromatic rings. The first-order chi connectivity index (χ1) is 10.0. The molecule has 0 heterocycles. The molecule has 0 aromatic heterocycles. The highest BCUT2D eigenvalue weighted by Gasteiger charge is 2.02. The molecule has 6 heteroatoms. The molecular formula is C15H13ClN2O2S. The van der Waals surface area contributed by atoms with E-state index in [1.807, 2.05) is 12.1 Å². The Morgan fingerprint density at radius 3 is 2.38 bits per heavy atom. The van der Waals surface area contributed by atoms with Gasteiger partial charge >= 0.3 is 5.97 Å². The number of hydrogen-bond donors (Lipinski definition) is 3. The van der Waals surface area contributed by atoms with Crippen LogP contribution in [0.5, 0.6) is 0 Å². The highest BCUT2D eigenvalue weighted by atomic mass is 35.5. The molecule has 0 aliphatic carbocycles. The SMILES string of the molecule is O=C(O)Cc1ccc(NC(=S)Nc2cccc(Cl)c2)cc1. The van der Waals surface area contributed by atoms with E-state index in [-0.39, 0.29) is 6.42 Å². The van der Waals surface area contributed by atoms with Gasteiger partial charge in [-0.15, -0.1) is 0 Å². The fourth-order valence-corrected chi connectivity index (χ4v) is 2.17. The van der Waals surface area contributed by atoms with E-state index in [9.17, 15) is 4.79 Å². The summed E-state index contributed by atoms with van der Waals surface area (Å²) in [5.41, 5.74) is 2.31. The Kier molecular flexibility index (Phi) is 5.14. The molecule has 3 N–H and O–H groups in total. The molecule has 0 aliphatic heterocycles. The molecule has 108 valence electrons. The number of aliphatic carboxylic acids is 1. The van der Waals surface area contributed by atoms with Crippen LogP contribution in [0.2, 0.25) is 5.02 Å². The summed E-state index contributed by atoms with van der Waals surface area (Å²) in [7, 11) is 0. The van der Waals surface area contributed by atoms with Crippen molar-refractivity contribution in [2.45, 2.75) is 6.42 Å². The van der Waals surface area contributed by atoms with E-state index in [1.54, 1.807) is 36.4 Å². The van der Waals surface area contributed by atoms with Crippen LogP contribution < -0.4 is 10.6 Å². The summed E-state index contributed by atoms with van der Waals surface area (Å²) in [6.07, 6.45) is 0.00545. The Balaban J connectivity index is 1.95. The number of halogens is 1. The van der Waals surface area contributed by atoms with Crippen LogP contribution in [-0.4, -0.2) is 16.2 Å². The Labute approximate surface area is 132 Å². The largest absolute Gasteiger partial charge is 0.481 e. The van der Waals surface area contributed by atoms with Crippen LogP contribution in [0, 0.1) is 0 Å². The molecule has 0 fully saturated rings. The number of nitrogens with one attached hydrogen (secondary N) is 2. The van der Waals surface area contributed by atoms with E-state index in [1.165, 1.54) is 0 Å². The van der Waals surface area contributed by atoms with Crippen LogP contribution in [-0.2, 0) is 11.2 Å². The van der Waals surface area contributed by atoms with Crippen LogP contribution in [0.1, 0.15) is 5.56 Å². The van der Waals surface area contributed by atoms with Gasteiger partial charge in [0.15, 0.2) is 5.11 Å². The van der Waals surface area contributed by atoms with Gasteiger partial charge in [0.2, 0.25) is 0 Å². The molecule has 2 aromatic carbocycles. The van der Waals surface area contributed by atoms with Gasteiger partial charge in [-0.1, -0.05) is 29.8 Å². The third-order valence-corrected chi connectivity index (χ3v) is 3.09. The van der Waals surface area contributed by atoms with E-state index in [4.69, 9.17) is 28.9 Å². The number of thiocarbonyl (C=S) groups is 1. The van der Waals surface area contributed by atoms with Crippen molar-refractivity contribution >= 4 is 46.3 Å². The fraction of sp³-hybridized carbons (Fsp3) is 0.0667. The lowest BCUT2D eigenvalue weighted by atomic mass is 10.1. The second-order valence-corrected chi connectivity index (χ2v) is 5.20. The third-order valence-electron chi connectivity index (χ3n) is 2.65. The van der Waals surface area contributed by atoms with Crippen molar-refractivity contribution in [2.75, 3.05) is 10.6 Å². The first-order valence-corrected chi connectivity index (χ1v) is 6.96. The summed E-state index contributed by atoms with van der Waals surface area (Å²) >= 11 is 11.1. The van der Waals surface area contributed by atoms with Crippen molar-refractivity contribution < 1.29 is 9.90 Å². The first kappa shape index (κ1) is 15.3. The molecule has 21 heavy (non-hydrogen) atoms. The summed E-state index contributed by atoms with van der Waals surface area (Å²) in [4.78, 5) is 10.6. The predicted molar refractivity (Wildman–Crippen MR) is 89.1 cm³/mol. The molecule has 4 nitrogen and oxygen atoms in total. The maximum absolute atomic E-state index is 10.6. The van der Waals surface area contributed by atoms with Gasteiger partial charge in [0.25, 0.3) is 0 Å². The molecule has 0 saturated heterocycles. The van der Waals surface area contributed by atoms with Crippen LogP contribution in [0.15, 0.2) is 48.5 Å². The summed E-state index contributed by atoms with van der Waals surface area (Å²) in [6, 6.07) is 14.3. The zero-order valence-electron chi connectivity index (χ0n) is 11.0. The first-order valence-electron chi connectivity index (χ1n) is 6.17. The van der Waals surface area contributed by atoms with Gasteiger partial charge < -0.3 is 15.7 Å². The molecule has 0 saturated carbocycles. The van der Waals surface area contributed by atoms with Gasteiger partial charge in [-0.3, -0.25) is 4.79 Å². The Bertz CT molecular complexity index is 659. The second kappa shape index (κ2) is 7.06. The van der Waals surface area contributed by atoms with Crippen molar-refractivity contribution in [3.63, 3.8) is 0 Å². The second-order valence-electron chi connectivity index (χ2n) is 4.36. The summed E-state index contributed by atoms with van der Waals surface area (Å²) in [6.45, 7) is 0. The molecule has 0 spiro atoms. The number of carbonyl (C=O) groups is 1. The van der Waals surface area contributed by atoms with E-state index in [0.717, 1.165) is 16.9 Å². The lowest BCUT2D eigenvalue weighted by Crippen LogP contribution is -2.19. The molecule has 2 rings (SSSR count). The third kappa shape index (κ3) is 5.06. The number of carboxylic acid groups (broad SMARTS) is 1. The Morgan fingerprint density at radius 2 is 1.76 bits per heavy atom. The number of anilines is 2. The van der Waals surface area contributed by atoms with E-state index in [0.29, 0.717) is 10.1 Å². The van der Waals surface area contributed by atoms with E-state index >= 15 is 0 Å². The van der Waals surface area contributed by atoms with Crippen LogP contribution in [0.4, 0.5) is 11.4 Å². The molecule has 0 atom stereocenters. The minimum atomic E-state index is -0.853. The van der Waals surface area contributed by atoms with Crippen molar-refractivity contribution in [3.05, 3.63) is 59.1 Å². The van der Waals surface area contributed by atoms with Gasteiger partial charge in [-0.2, -0.15) is 0 Å². The molecular weight excluding hydrogens is 308 g/mol. The average Bonchev–Trinajstić information content (AvgIpc) is 2.40. The predicted octanol–water partition coefficient (Wildman–Crippen LogP) is 3.78. The zero-order valence-corrected chi connectivity index (χ0v) is 12.5. The Morgan fingerprint density at radius 1 is 1.10 bits per heavy atom. The van der Waals surface area contributed by atoms with Gasteiger partial charge in [0.05, 0.1) is 6.42 Å². The fourth-order valence-electron chi connectivity index (χ4n) is 1.74. The maximum atomic E-state index is 10.6.